The van der Waals surface area contributed by atoms with E-state index in [2.05, 4.69) is 10.3 Å². The molecule has 0 unspecified atom stereocenters. The predicted octanol–water partition coefficient (Wildman–Crippen LogP) is 2.28. The molecule has 0 aliphatic carbocycles. The van der Waals surface area contributed by atoms with Gasteiger partial charge in [0.2, 0.25) is 0 Å². The van der Waals surface area contributed by atoms with Gasteiger partial charge in [0.1, 0.15) is 0 Å². The first-order chi connectivity index (χ1) is 12.8. The van der Waals surface area contributed by atoms with Crippen LogP contribution in [0.2, 0.25) is 0 Å². The minimum atomic E-state index is -4.67. The third-order valence-electron chi connectivity index (χ3n) is 4.55. The van der Waals surface area contributed by atoms with E-state index >= 15 is 0 Å². The molecular formula is C17H17F3N4O3. The van der Waals surface area contributed by atoms with E-state index in [0.29, 0.717) is 0 Å². The van der Waals surface area contributed by atoms with Crippen molar-refractivity contribution in [3.63, 3.8) is 0 Å². The Hall–Kier alpha value is -3.04. The molecule has 1 aliphatic rings. The molecule has 1 aliphatic heterocycles. The molecule has 0 radical (unpaired) electrons. The van der Waals surface area contributed by atoms with Crippen molar-refractivity contribution in [2.24, 2.45) is 11.8 Å². The number of benzene rings is 1. The Morgan fingerprint density at radius 2 is 2.00 bits per heavy atom. The van der Waals surface area contributed by atoms with E-state index in [1.807, 2.05) is 12.1 Å². The molecule has 2 aromatic rings. The predicted molar refractivity (Wildman–Crippen MR) is 88.0 cm³/mol. The standard InChI is InChI=1S/C17H17F3N4O3/c18-17(19,20)13-9-24(8-12(13)15(25)26)16(27)22-7-11-3-1-2-4-14(11)23-6-5-21-10-23/h1-6,10,12-13H,7-9H2,(H,22,27)(H,25,26)/t12-,13-/m1/s1. The molecule has 1 aromatic carbocycles. The highest BCUT2D eigenvalue weighted by Crippen LogP contribution is 2.37. The second kappa shape index (κ2) is 7.29. The molecule has 27 heavy (non-hydrogen) atoms. The average Bonchev–Trinajstić information content (AvgIpc) is 3.29. The molecule has 2 heterocycles. The van der Waals surface area contributed by atoms with E-state index in [1.54, 1.807) is 35.4 Å². The molecule has 0 bridgehead atoms. The molecule has 10 heteroatoms. The zero-order valence-electron chi connectivity index (χ0n) is 14.1. The highest BCUT2D eigenvalue weighted by Gasteiger charge is 2.53. The van der Waals surface area contributed by atoms with Gasteiger partial charge in [0.15, 0.2) is 0 Å². The Kier molecular flexibility index (Phi) is 5.06. The number of hydrogen-bond acceptors (Lipinski definition) is 3. The van der Waals surface area contributed by atoms with Gasteiger partial charge < -0.3 is 19.9 Å². The number of nitrogens with one attached hydrogen (secondary N) is 1. The summed E-state index contributed by atoms with van der Waals surface area (Å²) in [4.78, 5) is 28.3. The summed E-state index contributed by atoms with van der Waals surface area (Å²) >= 11 is 0. The van der Waals surface area contributed by atoms with Gasteiger partial charge in [-0.25, -0.2) is 9.78 Å². The van der Waals surface area contributed by atoms with E-state index in [9.17, 15) is 22.8 Å². The molecule has 2 amide bonds. The fourth-order valence-corrected chi connectivity index (χ4v) is 3.15. The number of carboxylic acid groups (broad SMARTS) is 1. The summed E-state index contributed by atoms with van der Waals surface area (Å²) in [6.07, 6.45) is 0.244. The maximum atomic E-state index is 13.0. The number of alkyl halides is 3. The Balaban J connectivity index is 1.68. The van der Waals surface area contributed by atoms with Crippen LogP contribution in [0, 0.1) is 11.8 Å². The summed E-state index contributed by atoms with van der Waals surface area (Å²) in [6.45, 7) is -1.07. The van der Waals surface area contributed by atoms with Gasteiger partial charge in [0.05, 0.1) is 23.9 Å². The molecule has 2 atom stereocenters. The number of carboxylic acids is 1. The van der Waals surface area contributed by atoms with Crippen molar-refractivity contribution in [3.8, 4) is 5.69 Å². The minimum absolute atomic E-state index is 0.0815. The smallest absolute Gasteiger partial charge is 0.394 e. The molecule has 7 nitrogen and oxygen atoms in total. The van der Waals surface area contributed by atoms with Crippen molar-refractivity contribution in [1.29, 1.82) is 0 Å². The van der Waals surface area contributed by atoms with Crippen molar-refractivity contribution in [3.05, 3.63) is 48.5 Å². The summed E-state index contributed by atoms with van der Waals surface area (Å²) in [5, 5.41) is 11.6. The fourth-order valence-electron chi connectivity index (χ4n) is 3.15. The Morgan fingerprint density at radius 3 is 2.59 bits per heavy atom. The number of halogens is 3. The first kappa shape index (κ1) is 18.7. The van der Waals surface area contributed by atoms with Gasteiger partial charge in [0, 0.05) is 32.0 Å². The van der Waals surface area contributed by atoms with Crippen LogP contribution in [0.25, 0.3) is 5.69 Å². The summed E-state index contributed by atoms with van der Waals surface area (Å²) in [6, 6.07) is 6.45. The van der Waals surface area contributed by atoms with Crippen LogP contribution < -0.4 is 5.32 Å². The number of urea groups is 1. The number of likely N-dealkylation sites (tertiary alicyclic amines) is 1. The molecule has 1 saturated heterocycles. The summed E-state index contributed by atoms with van der Waals surface area (Å²) in [7, 11) is 0. The topological polar surface area (TPSA) is 87.5 Å². The van der Waals surface area contributed by atoms with Gasteiger partial charge in [-0.3, -0.25) is 4.79 Å². The third kappa shape index (κ3) is 4.04. The van der Waals surface area contributed by atoms with Gasteiger partial charge in [-0.15, -0.1) is 0 Å². The van der Waals surface area contributed by atoms with Crippen molar-refractivity contribution >= 4 is 12.0 Å². The summed E-state index contributed by atoms with van der Waals surface area (Å²) in [5.41, 5.74) is 1.51. The van der Waals surface area contributed by atoms with E-state index in [4.69, 9.17) is 5.11 Å². The number of imidazole rings is 1. The molecule has 1 fully saturated rings. The number of amides is 2. The number of carbonyl (C=O) groups excluding carboxylic acids is 1. The second-order valence-electron chi connectivity index (χ2n) is 6.26. The third-order valence-corrected chi connectivity index (χ3v) is 4.55. The van der Waals surface area contributed by atoms with Gasteiger partial charge >= 0.3 is 18.2 Å². The maximum Gasteiger partial charge on any atom is 0.394 e. The zero-order chi connectivity index (χ0) is 19.6. The van der Waals surface area contributed by atoms with Crippen molar-refractivity contribution < 1.29 is 27.9 Å². The van der Waals surface area contributed by atoms with Crippen molar-refractivity contribution in [2.45, 2.75) is 12.7 Å². The van der Waals surface area contributed by atoms with Crippen LogP contribution in [0.1, 0.15) is 5.56 Å². The fraction of sp³-hybridized carbons (Fsp3) is 0.353. The molecule has 2 N–H and O–H groups in total. The van der Waals surface area contributed by atoms with Crippen LogP contribution in [0.4, 0.5) is 18.0 Å². The van der Waals surface area contributed by atoms with Crippen molar-refractivity contribution in [1.82, 2.24) is 19.8 Å². The Morgan fingerprint density at radius 1 is 1.26 bits per heavy atom. The first-order valence-electron chi connectivity index (χ1n) is 8.16. The minimum Gasteiger partial charge on any atom is -0.481 e. The quantitative estimate of drug-likeness (QED) is 0.849. The SMILES string of the molecule is O=C(O)[C@@H]1CN(C(=O)NCc2ccccc2-n2ccnc2)C[C@H]1C(F)(F)F. The van der Waals surface area contributed by atoms with Crippen molar-refractivity contribution in [2.75, 3.05) is 13.1 Å². The molecule has 0 spiro atoms. The normalized spacial score (nSPS) is 19.9. The molecular weight excluding hydrogens is 365 g/mol. The zero-order valence-corrected chi connectivity index (χ0v) is 14.1. The highest BCUT2D eigenvalue weighted by molar-refractivity contribution is 5.78. The number of aliphatic carboxylic acids is 1. The molecule has 0 saturated carbocycles. The number of hydrogen-bond donors (Lipinski definition) is 2. The average molecular weight is 382 g/mol. The van der Waals surface area contributed by atoms with Crippen LogP contribution >= 0.6 is 0 Å². The van der Waals surface area contributed by atoms with E-state index in [-0.39, 0.29) is 6.54 Å². The molecule has 144 valence electrons. The number of para-hydroxylation sites is 1. The second-order valence-corrected chi connectivity index (χ2v) is 6.26. The van der Waals surface area contributed by atoms with E-state index in [1.165, 1.54) is 0 Å². The van der Waals surface area contributed by atoms with Gasteiger partial charge in [-0.2, -0.15) is 13.2 Å². The summed E-state index contributed by atoms with van der Waals surface area (Å²) < 4.78 is 40.9. The van der Waals surface area contributed by atoms with Crippen LogP contribution in [0.5, 0.6) is 0 Å². The number of carbonyl (C=O) groups is 2. The number of aromatic nitrogens is 2. The Labute approximate surface area is 152 Å². The monoisotopic (exact) mass is 382 g/mol. The van der Waals surface area contributed by atoms with Crippen LogP contribution in [-0.4, -0.2) is 50.8 Å². The van der Waals surface area contributed by atoms with E-state index in [0.717, 1.165) is 16.2 Å². The number of nitrogens with zero attached hydrogens (tertiary/aromatic N) is 3. The van der Waals surface area contributed by atoms with Gasteiger partial charge in [-0.05, 0) is 11.6 Å². The Bertz CT molecular complexity index is 823. The van der Waals surface area contributed by atoms with Crippen LogP contribution in [-0.2, 0) is 11.3 Å². The van der Waals surface area contributed by atoms with Crippen LogP contribution in [0.15, 0.2) is 43.0 Å². The highest BCUT2D eigenvalue weighted by atomic mass is 19.4. The largest absolute Gasteiger partial charge is 0.481 e. The summed E-state index contributed by atoms with van der Waals surface area (Å²) in [5.74, 6) is -5.29. The van der Waals surface area contributed by atoms with Gasteiger partial charge in [-0.1, -0.05) is 18.2 Å². The lowest BCUT2D eigenvalue weighted by atomic mass is 9.96. The van der Waals surface area contributed by atoms with Gasteiger partial charge in [0.25, 0.3) is 0 Å². The van der Waals surface area contributed by atoms with Crippen LogP contribution in [0.3, 0.4) is 0 Å². The maximum absolute atomic E-state index is 13.0. The van der Waals surface area contributed by atoms with E-state index < -0.39 is 43.1 Å². The number of rotatable bonds is 4. The molecule has 3 rings (SSSR count). The lowest BCUT2D eigenvalue weighted by molar-refractivity contribution is -0.187. The lowest BCUT2D eigenvalue weighted by Gasteiger charge is -2.19. The first-order valence-corrected chi connectivity index (χ1v) is 8.16. The molecule has 1 aromatic heterocycles. The lowest BCUT2D eigenvalue weighted by Crippen LogP contribution is -2.39.